The Balaban J connectivity index is 1.99. The Kier molecular flexibility index (Phi) is 2.15. The van der Waals surface area contributed by atoms with Crippen molar-refractivity contribution < 1.29 is 4.42 Å². The van der Waals surface area contributed by atoms with Crippen LogP contribution in [-0.2, 0) is 0 Å². The maximum atomic E-state index is 5.86. The lowest BCUT2D eigenvalue weighted by Crippen LogP contribution is -1.78. The molecule has 4 aromatic rings. The minimum Gasteiger partial charge on any atom is -0.456 e. The summed E-state index contributed by atoms with van der Waals surface area (Å²) in [6.45, 7) is 0. The zero-order valence-electron chi connectivity index (χ0n) is 10.1. The fraction of sp³-hybridized carbons (Fsp3) is 0. The minimum absolute atomic E-state index is 0.876. The molecule has 0 aliphatic rings. The summed E-state index contributed by atoms with van der Waals surface area (Å²) in [5.41, 5.74) is 3.98. The van der Waals surface area contributed by atoms with Crippen LogP contribution < -0.4 is 0 Å². The molecule has 2 aromatic heterocycles. The number of fused-ring (bicyclic) bond motifs is 3. The number of hydrogen-bond donors (Lipinski definition) is 0. The number of furan rings is 1. The van der Waals surface area contributed by atoms with E-state index in [4.69, 9.17) is 4.42 Å². The van der Waals surface area contributed by atoms with Gasteiger partial charge in [-0.05, 0) is 42.0 Å². The molecule has 0 bridgehead atoms. The van der Waals surface area contributed by atoms with Crippen molar-refractivity contribution in [3.05, 3.63) is 67.0 Å². The van der Waals surface area contributed by atoms with E-state index in [0.29, 0.717) is 0 Å². The Morgan fingerprint density at radius 1 is 0.947 bits per heavy atom. The summed E-state index contributed by atoms with van der Waals surface area (Å²) in [5, 5.41) is 2.27. The Bertz CT molecular complexity index is 862. The van der Waals surface area contributed by atoms with Gasteiger partial charge in [0.1, 0.15) is 11.2 Å². The first-order valence-electron chi connectivity index (χ1n) is 6.14. The zero-order valence-corrected chi connectivity index (χ0v) is 10.1. The highest BCUT2D eigenvalue weighted by atomic mass is 16.3. The predicted octanol–water partition coefficient (Wildman–Crippen LogP) is 4.45. The Morgan fingerprint density at radius 2 is 1.89 bits per heavy atom. The average Bonchev–Trinajstić information content (AvgIpc) is 2.86. The van der Waals surface area contributed by atoms with E-state index in [1.54, 1.807) is 6.20 Å². The van der Waals surface area contributed by atoms with E-state index in [9.17, 15) is 0 Å². The lowest BCUT2D eigenvalue weighted by Gasteiger charge is -1.99. The third-order valence-corrected chi connectivity index (χ3v) is 3.31. The highest BCUT2D eigenvalue weighted by Crippen LogP contribution is 2.31. The molecule has 2 nitrogen and oxygen atoms in total. The van der Waals surface area contributed by atoms with Gasteiger partial charge in [-0.15, -0.1) is 0 Å². The molecule has 0 unspecified atom stereocenters. The van der Waals surface area contributed by atoms with Crippen molar-refractivity contribution in [3.63, 3.8) is 0 Å². The molecule has 2 heterocycles. The molecule has 0 amide bonds. The fourth-order valence-corrected chi connectivity index (χ4v) is 2.38. The molecule has 0 atom stereocenters. The van der Waals surface area contributed by atoms with Gasteiger partial charge in [0, 0.05) is 28.7 Å². The Hall–Kier alpha value is -2.61. The molecule has 4 rings (SSSR count). The van der Waals surface area contributed by atoms with Crippen LogP contribution >= 0.6 is 0 Å². The van der Waals surface area contributed by atoms with Gasteiger partial charge in [0.25, 0.3) is 0 Å². The van der Waals surface area contributed by atoms with Crippen molar-refractivity contribution in [2.45, 2.75) is 0 Å². The van der Waals surface area contributed by atoms with E-state index in [1.807, 2.05) is 36.5 Å². The van der Waals surface area contributed by atoms with Gasteiger partial charge < -0.3 is 4.42 Å². The standard InChI is InChI=1S/C17H10NO/c1-2-6-16-14(5-1)15-8-7-12(10-17(15)19-16)13-4-3-9-18-11-13/h1,3-11H. The first-order valence-corrected chi connectivity index (χ1v) is 6.14. The molecule has 0 spiro atoms. The molecule has 0 aliphatic heterocycles. The molecule has 2 heteroatoms. The summed E-state index contributed by atoms with van der Waals surface area (Å²) >= 11 is 0. The highest BCUT2D eigenvalue weighted by Gasteiger charge is 2.07. The van der Waals surface area contributed by atoms with Crippen LogP contribution in [0.1, 0.15) is 0 Å². The summed E-state index contributed by atoms with van der Waals surface area (Å²) in [6, 6.07) is 19.1. The summed E-state index contributed by atoms with van der Waals surface area (Å²) in [5.74, 6) is 0. The zero-order chi connectivity index (χ0) is 12.7. The average molecular weight is 244 g/mol. The molecule has 0 saturated heterocycles. The first-order chi connectivity index (χ1) is 9.42. The number of rotatable bonds is 1. The number of aromatic nitrogens is 1. The second-order valence-corrected chi connectivity index (χ2v) is 4.48. The van der Waals surface area contributed by atoms with Crippen LogP contribution in [0.2, 0.25) is 0 Å². The second-order valence-electron chi connectivity index (χ2n) is 4.48. The third kappa shape index (κ3) is 1.61. The van der Waals surface area contributed by atoms with Gasteiger partial charge in [0.2, 0.25) is 0 Å². The topological polar surface area (TPSA) is 26.0 Å². The van der Waals surface area contributed by atoms with Crippen LogP contribution in [0.5, 0.6) is 0 Å². The lowest BCUT2D eigenvalue weighted by molar-refractivity contribution is 0.669. The number of hydrogen-bond acceptors (Lipinski definition) is 2. The van der Waals surface area contributed by atoms with E-state index < -0.39 is 0 Å². The lowest BCUT2D eigenvalue weighted by atomic mass is 10.1. The van der Waals surface area contributed by atoms with Crippen LogP contribution in [0, 0.1) is 6.07 Å². The molecule has 2 aromatic carbocycles. The van der Waals surface area contributed by atoms with Crippen molar-refractivity contribution in [2.24, 2.45) is 0 Å². The molecule has 0 saturated carbocycles. The van der Waals surface area contributed by atoms with Crippen LogP contribution in [0.15, 0.2) is 65.3 Å². The molecular weight excluding hydrogens is 234 g/mol. The molecule has 0 N–H and O–H groups in total. The van der Waals surface area contributed by atoms with Crippen molar-refractivity contribution in [2.75, 3.05) is 0 Å². The number of nitrogens with zero attached hydrogens (tertiary/aromatic N) is 1. The molecule has 0 fully saturated rings. The summed E-state index contributed by atoms with van der Waals surface area (Å²) in [7, 11) is 0. The monoisotopic (exact) mass is 244 g/mol. The number of benzene rings is 2. The highest BCUT2D eigenvalue weighted by molar-refractivity contribution is 6.05. The number of pyridine rings is 1. The van der Waals surface area contributed by atoms with E-state index >= 15 is 0 Å². The van der Waals surface area contributed by atoms with Gasteiger partial charge in [-0.25, -0.2) is 0 Å². The summed E-state index contributed by atoms with van der Waals surface area (Å²) < 4.78 is 5.86. The molecule has 0 aliphatic carbocycles. The maximum absolute atomic E-state index is 5.86. The van der Waals surface area contributed by atoms with E-state index in [0.717, 1.165) is 33.1 Å². The summed E-state index contributed by atoms with van der Waals surface area (Å²) in [6.07, 6.45) is 3.64. The van der Waals surface area contributed by atoms with Gasteiger partial charge in [0.05, 0.1) is 0 Å². The van der Waals surface area contributed by atoms with Crippen molar-refractivity contribution in [1.82, 2.24) is 4.98 Å². The first kappa shape index (κ1) is 10.3. The second kappa shape index (κ2) is 3.95. The van der Waals surface area contributed by atoms with E-state index in [2.05, 4.69) is 29.2 Å². The maximum Gasteiger partial charge on any atom is 0.136 e. The van der Waals surface area contributed by atoms with Crippen molar-refractivity contribution in [3.8, 4) is 11.1 Å². The Labute approximate surface area is 110 Å². The third-order valence-electron chi connectivity index (χ3n) is 3.31. The molecule has 1 radical (unpaired) electrons. The quantitative estimate of drug-likeness (QED) is 0.494. The predicted molar refractivity (Wildman–Crippen MR) is 75.8 cm³/mol. The molecular formula is C17H10NO. The van der Waals surface area contributed by atoms with Crippen LogP contribution in [0.3, 0.4) is 0 Å². The van der Waals surface area contributed by atoms with Gasteiger partial charge in [-0.2, -0.15) is 0 Å². The van der Waals surface area contributed by atoms with Gasteiger partial charge in [-0.3, -0.25) is 4.98 Å². The molecule has 19 heavy (non-hydrogen) atoms. The largest absolute Gasteiger partial charge is 0.456 e. The van der Waals surface area contributed by atoms with Crippen molar-refractivity contribution >= 4 is 21.9 Å². The van der Waals surface area contributed by atoms with Crippen LogP contribution in [0.4, 0.5) is 0 Å². The minimum atomic E-state index is 0.876. The van der Waals surface area contributed by atoms with Crippen molar-refractivity contribution in [1.29, 1.82) is 0 Å². The normalized spacial score (nSPS) is 11.2. The van der Waals surface area contributed by atoms with Gasteiger partial charge in [-0.1, -0.05) is 18.2 Å². The fourth-order valence-electron chi connectivity index (χ4n) is 2.38. The smallest absolute Gasteiger partial charge is 0.136 e. The Morgan fingerprint density at radius 3 is 2.79 bits per heavy atom. The van der Waals surface area contributed by atoms with E-state index in [1.165, 1.54) is 0 Å². The summed E-state index contributed by atoms with van der Waals surface area (Å²) in [4.78, 5) is 4.15. The molecule has 89 valence electrons. The van der Waals surface area contributed by atoms with Crippen LogP contribution in [0.25, 0.3) is 33.1 Å². The SMILES string of the molecule is [c]1ccc2c(c1)oc1cc(-c3cccnc3)ccc12. The van der Waals surface area contributed by atoms with Gasteiger partial charge >= 0.3 is 0 Å². The van der Waals surface area contributed by atoms with Crippen LogP contribution in [-0.4, -0.2) is 4.98 Å². The van der Waals surface area contributed by atoms with Gasteiger partial charge in [0.15, 0.2) is 0 Å². The van der Waals surface area contributed by atoms with E-state index in [-0.39, 0.29) is 0 Å².